The molecular weight excluding hydrogens is 865 g/mol. The zero-order valence-electron chi connectivity index (χ0n) is 24.7. The van der Waals surface area contributed by atoms with Crippen molar-refractivity contribution in [3.05, 3.63) is 93.7 Å². The van der Waals surface area contributed by atoms with E-state index in [1.807, 2.05) is 12.1 Å². The molecule has 0 bridgehead atoms. The van der Waals surface area contributed by atoms with Crippen LogP contribution in [0.2, 0.25) is 10.0 Å². The van der Waals surface area contributed by atoms with Crippen LogP contribution in [0.3, 0.4) is 0 Å². The molecule has 15 heteroatoms. The first-order valence-electron chi connectivity index (χ1n) is 13.6. The average molecular weight is 893 g/mol. The molecule has 1 aliphatic heterocycles. The molecule has 46 heavy (non-hydrogen) atoms. The summed E-state index contributed by atoms with van der Waals surface area (Å²) in [5.74, 6) is 0.0591. The Bertz CT molecular complexity index is 1720. The monoisotopic (exact) mass is 892 g/mol. The van der Waals surface area contributed by atoms with E-state index < -0.39 is 23.9 Å². The van der Waals surface area contributed by atoms with Crippen LogP contribution in [0.4, 0.5) is 4.79 Å². The maximum Gasteiger partial charge on any atom is 0.338 e. The van der Waals surface area contributed by atoms with Crippen LogP contribution >= 0.6 is 68.4 Å². The van der Waals surface area contributed by atoms with Crippen LogP contribution in [0.25, 0.3) is 0 Å². The summed E-state index contributed by atoms with van der Waals surface area (Å²) in [6, 6.07) is 12.6. The number of nitrogens with zero attached hydrogens (tertiary/aromatic N) is 1. The van der Waals surface area contributed by atoms with Crippen LogP contribution in [-0.2, 0) is 20.9 Å². The molecule has 0 unspecified atom stereocenters. The first kappa shape index (κ1) is 35.6. The normalized spacial score (nSPS) is 14.4. The number of rotatable bonds is 12. The van der Waals surface area contributed by atoms with Gasteiger partial charge in [0.05, 0.1) is 35.1 Å². The van der Waals surface area contributed by atoms with Gasteiger partial charge < -0.3 is 29.6 Å². The molecule has 0 radical (unpaired) electrons. The molecule has 0 saturated carbocycles. The molecule has 1 aliphatic rings. The SMILES string of the molecule is CCOC(=O)C1=C(C)NC(=O)N[C@H]1c1ccc(OCC(=O)N/N=C/c2cc(I)cc(I)c2OCc2ccc(Cl)cc2Cl)c(OC)c1. The van der Waals surface area contributed by atoms with Gasteiger partial charge in [-0.15, -0.1) is 0 Å². The van der Waals surface area contributed by atoms with Crippen molar-refractivity contribution in [2.75, 3.05) is 20.3 Å². The van der Waals surface area contributed by atoms with Crippen molar-refractivity contribution in [1.82, 2.24) is 16.1 Å². The third-order valence-electron chi connectivity index (χ3n) is 6.46. The number of methoxy groups -OCH3 is 1. The number of halogens is 4. The molecule has 3 aromatic carbocycles. The number of amides is 3. The van der Waals surface area contributed by atoms with Crippen molar-refractivity contribution in [2.45, 2.75) is 26.5 Å². The molecule has 242 valence electrons. The van der Waals surface area contributed by atoms with E-state index >= 15 is 0 Å². The van der Waals surface area contributed by atoms with E-state index in [9.17, 15) is 14.4 Å². The van der Waals surface area contributed by atoms with E-state index in [2.05, 4.69) is 66.3 Å². The van der Waals surface area contributed by atoms with Crippen molar-refractivity contribution < 1.29 is 33.3 Å². The molecule has 1 heterocycles. The fourth-order valence-corrected chi connectivity index (χ4v) is 6.88. The Balaban J connectivity index is 1.42. The van der Waals surface area contributed by atoms with Crippen molar-refractivity contribution in [3.63, 3.8) is 0 Å². The molecule has 3 N–H and O–H groups in total. The topological polar surface area (TPSA) is 137 Å². The Kier molecular flexibility index (Phi) is 12.8. The lowest BCUT2D eigenvalue weighted by molar-refractivity contribution is -0.139. The molecule has 3 amide bonds. The van der Waals surface area contributed by atoms with Gasteiger partial charge in [0.15, 0.2) is 18.1 Å². The van der Waals surface area contributed by atoms with E-state index in [0.717, 1.165) is 12.7 Å². The van der Waals surface area contributed by atoms with Gasteiger partial charge in [0, 0.05) is 30.4 Å². The van der Waals surface area contributed by atoms with Crippen LogP contribution < -0.4 is 30.3 Å². The molecule has 0 aliphatic carbocycles. The average Bonchev–Trinajstić information content (AvgIpc) is 3.00. The van der Waals surface area contributed by atoms with E-state index in [0.29, 0.717) is 38.4 Å². The highest BCUT2D eigenvalue weighted by Gasteiger charge is 2.32. The molecule has 1 atom stereocenters. The van der Waals surface area contributed by atoms with E-state index in [1.54, 1.807) is 50.2 Å². The van der Waals surface area contributed by atoms with Gasteiger partial charge in [-0.3, -0.25) is 4.79 Å². The Morgan fingerprint density at radius 2 is 1.85 bits per heavy atom. The molecule has 0 fully saturated rings. The summed E-state index contributed by atoms with van der Waals surface area (Å²) >= 11 is 16.7. The second-order valence-electron chi connectivity index (χ2n) is 9.61. The summed E-state index contributed by atoms with van der Waals surface area (Å²) < 4.78 is 24.2. The summed E-state index contributed by atoms with van der Waals surface area (Å²) in [4.78, 5) is 37.4. The maximum absolute atomic E-state index is 12.6. The van der Waals surface area contributed by atoms with Crippen LogP contribution in [0.5, 0.6) is 17.2 Å². The highest BCUT2D eigenvalue weighted by Crippen LogP contribution is 2.35. The summed E-state index contributed by atoms with van der Waals surface area (Å²) in [5.41, 5.74) is 5.07. The maximum atomic E-state index is 12.6. The number of carbonyl (C=O) groups excluding carboxylic acids is 3. The summed E-state index contributed by atoms with van der Waals surface area (Å²) in [6.07, 6.45) is 1.49. The Labute approximate surface area is 302 Å². The van der Waals surface area contributed by atoms with E-state index in [1.165, 1.54) is 13.3 Å². The minimum atomic E-state index is -0.783. The molecule has 0 spiro atoms. The Morgan fingerprint density at radius 3 is 2.57 bits per heavy atom. The van der Waals surface area contributed by atoms with Gasteiger partial charge >= 0.3 is 12.0 Å². The van der Waals surface area contributed by atoms with Crippen LogP contribution in [0.1, 0.15) is 36.6 Å². The zero-order valence-corrected chi connectivity index (χ0v) is 30.5. The third kappa shape index (κ3) is 9.17. The molecule has 0 saturated heterocycles. The van der Waals surface area contributed by atoms with Gasteiger partial charge in [0.1, 0.15) is 12.4 Å². The van der Waals surface area contributed by atoms with Gasteiger partial charge in [-0.1, -0.05) is 35.3 Å². The molecule has 4 rings (SSSR count). The fourth-order valence-electron chi connectivity index (χ4n) is 4.37. The third-order valence-corrected chi connectivity index (χ3v) is 8.47. The van der Waals surface area contributed by atoms with Crippen molar-refractivity contribution in [1.29, 1.82) is 0 Å². The van der Waals surface area contributed by atoms with Gasteiger partial charge in [0.25, 0.3) is 5.91 Å². The van der Waals surface area contributed by atoms with Crippen LogP contribution in [-0.4, -0.2) is 44.4 Å². The van der Waals surface area contributed by atoms with Crippen LogP contribution in [0, 0.1) is 7.14 Å². The van der Waals surface area contributed by atoms with Crippen molar-refractivity contribution in [3.8, 4) is 17.2 Å². The van der Waals surface area contributed by atoms with Gasteiger partial charge in [-0.25, -0.2) is 15.0 Å². The minimum absolute atomic E-state index is 0.178. The van der Waals surface area contributed by atoms with Crippen LogP contribution in [0.15, 0.2) is 64.9 Å². The molecule has 3 aromatic rings. The lowest BCUT2D eigenvalue weighted by Crippen LogP contribution is -2.45. The number of hydrogen-bond donors (Lipinski definition) is 3. The first-order chi connectivity index (χ1) is 22.0. The van der Waals surface area contributed by atoms with E-state index in [-0.39, 0.29) is 31.1 Å². The molecule has 0 aromatic heterocycles. The second-order valence-corrected chi connectivity index (χ2v) is 12.9. The minimum Gasteiger partial charge on any atom is -0.493 e. The summed E-state index contributed by atoms with van der Waals surface area (Å²) in [5, 5.41) is 10.4. The summed E-state index contributed by atoms with van der Waals surface area (Å²) in [7, 11) is 1.44. The van der Waals surface area contributed by atoms with Gasteiger partial charge in [0.2, 0.25) is 0 Å². The number of hydrazone groups is 1. The predicted molar refractivity (Wildman–Crippen MR) is 191 cm³/mol. The number of urea groups is 1. The number of nitrogens with one attached hydrogen (secondary N) is 3. The number of ether oxygens (including phenoxy) is 4. The highest BCUT2D eigenvalue weighted by atomic mass is 127. The van der Waals surface area contributed by atoms with Gasteiger partial charge in [-0.2, -0.15) is 5.10 Å². The van der Waals surface area contributed by atoms with E-state index in [4.69, 9.17) is 42.1 Å². The number of benzene rings is 3. The smallest absolute Gasteiger partial charge is 0.338 e. The largest absolute Gasteiger partial charge is 0.493 e. The quantitative estimate of drug-likeness (QED) is 0.0817. The molecular formula is C31H28Cl2I2N4O7. The zero-order chi connectivity index (χ0) is 33.4. The number of allylic oxidation sites excluding steroid dienone is 1. The first-order valence-corrected chi connectivity index (χ1v) is 16.6. The van der Waals surface area contributed by atoms with Crippen molar-refractivity contribution in [2.24, 2.45) is 5.10 Å². The Morgan fingerprint density at radius 1 is 1.07 bits per heavy atom. The lowest BCUT2D eigenvalue weighted by atomic mass is 9.95. The number of carbonyl (C=O) groups is 3. The van der Waals surface area contributed by atoms with Gasteiger partial charge in [-0.05, 0) is 101 Å². The fraction of sp³-hybridized carbons (Fsp3) is 0.226. The van der Waals surface area contributed by atoms with Crippen molar-refractivity contribution >= 4 is 92.5 Å². The predicted octanol–water partition coefficient (Wildman–Crippen LogP) is 6.51. The second kappa shape index (κ2) is 16.5. The summed E-state index contributed by atoms with van der Waals surface area (Å²) in [6.45, 7) is 3.34. The number of esters is 1. The Hall–Kier alpha value is -3.28. The molecule has 11 nitrogen and oxygen atoms in total. The number of hydrogen-bond acceptors (Lipinski definition) is 8. The standard InChI is InChI=1S/C31H28Cl2I2N4O7/c1-4-44-30(41)27-16(2)37-31(42)38-28(27)17-6-8-24(25(10-17)43-3)45-15-26(40)39-36-13-19-9-21(34)12-23(35)29(19)46-14-18-5-7-20(32)11-22(18)33/h5-13,28H,4,14-15H2,1-3H3,(H,39,40)(H2,37,38,42)/b36-13+/t28-/m0/s1. The lowest BCUT2D eigenvalue weighted by Gasteiger charge is -2.28. The highest BCUT2D eigenvalue weighted by molar-refractivity contribution is 14.1.